The molecule has 1 N–H and O–H groups in total. The molecule has 1 amide bonds. The third kappa shape index (κ3) is 5.01. The molecule has 5 nitrogen and oxygen atoms in total. The van der Waals surface area contributed by atoms with Crippen LogP contribution < -0.4 is 5.32 Å². The second-order valence-electron chi connectivity index (χ2n) is 5.55. The molecule has 2 aromatic rings. The number of nitrogens with zero attached hydrogens (tertiary/aromatic N) is 1. The Balaban J connectivity index is 1.96. The lowest BCUT2D eigenvalue weighted by Crippen LogP contribution is -2.26. The van der Waals surface area contributed by atoms with E-state index in [0.717, 1.165) is 28.6 Å². The van der Waals surface area contributed by atoms with Crippen LogP contribution in [0.1, 0.15) is 28.0 Å². The number of benzene rings is 1. The zero-order chi connectivity index (χ0) is 16.7. The van der Waals surface area contributed by atoms with Crippen LogP contribution in [0.3, 0.4) is 0 Å². The van der Waals surface area contributed by atoms with Crippen molar-refractivity contribution in [3.8, 4) is 0 Å². The molecular weight excluding hydrogens is 292 g/mol. The van der Waals surface area contributed by atoms with Crippen molar-refractivity contribution in [2.75, 3.05) is 33.5 Å². The molecule has 0 saturated carbocycles. The summed E-state index contributed by atoms with van der Waals surface area (Å²) in [5, 5.41) is 3.84. The first kappa shape index (κ1) is 17.4. The van der Waals surface area contributed by atoms with E-state index < -0.39 is 0 Å². The molecule has 0 bridgehead atoms. The predicted molar refractivity (Wildman–Crippen MR) is 90.9 cm³/mol. The highest BCUT2D eigenvalue weighted by atomic mass is 16.5. The number of rotatable bonds is 8. The normalized spacial score (nSPS) is 10.9. The summed E-state index contributed by atoms with van der Waals surface area (Å²) in [7, 11) is 1.65. The first-order chi connectivity index (χ1) is 11.1. The molecule has 0 aliphatic carbocycles. The highest BCUT2D eigenvalue weighted by molar-refractivity contribution is 6.06. The fourth-order valence-electron chi connectivity index (χ4n) is 2.38. The number of ether oxygens (including phenoxy) is 2. The standard InChI is InChI=1S/C18H24N2O3/c1-13-5-6-17-15(11-13)16(12-14(2)20-17)18(21)19-7-4-8-23-10-9-22-3/h5-6,11-12H,4,7-10H2,1-3H3,(H,19,21). The second-order valence-corrected chi connectivity index (χ2v) is 5.55. The van der Waals surface area contributed by atoms with Crippen LogP contribution in [-0.2, 0) is 9.47 Å². The Morgan fingerprint density at radius 3 is 2.78 bits per heavy atom. The molecule has 23 heavy (non-hydrogen) atoms. The van der Waals surface area contributed by atoms with Crippen LogP contribution in [0, 0.1) is 13.8 Å². The van der Waals surface area contributed by atoms with Crippen LogP contribution in [0.4, 0.5) is 0 Å². The average molecular weight is 316 g/mol. The van der Waals surface area contributed by atoms with Crippen LogP contribution in [0.5, 0.6) is 0 Å². The maximum atomic E-state index is 12.5. The molecule has 124 valence electrons. The lowest BCUT2D eigenvalue weighted by molar-refractivity contribution is 0.0688. The van der Waals surface area contributed by atoms with Crippen molar-refractivity contribution in [1.82, 2.24) is 10.3 Å². The van der Waals surface area contributed by atoms with E-state index in [0.29, 0.717) is 31.9 Å². The Hall–Kier alpha value is -1.98. The van der Waals surface area contributed by atoms with Crippen molar-refractivity contribution in [3.63, 3.8) is 0 Å². The summed E-state index contributed by atoms with van der Waals surface area (Å²) in [6.07, 6.45) is 0.774. The first-order valence-electron chi connectivity index (χ1n) is 7.84. The van der Waals surface area contributed by atoms with E-state index in [-0.39, 0.29) is 5.91 Å². The van der Waals surface area contributed by atoms with Crippen molar-refractivity contribution in [2.45, 2.75) is 20.3 Å². The quantitative estimate of drug-likeness (QED) is 0.761. The summed E-state index contributed by atoms with van der Waals surface area (Å²) in [5.74, 6) is -0.0667. The minimum Gasteiger partial charge on any atom is -0.382 e. The number of carbonyl (C=O) groups excluding carboxylic acids is 1. The minimum atomic E-state index is -0.0667. The summed E-state index contributed by atoms with van der Waals surface area (Å²) in [6, 6.07) is 7.81. The average Bonchev–Trinajstić information content (AvgIpc) is 2.53. The minimum absolute atomic E-state index is 0.0667. The molecule has 0 aliphatic heterocycles. The number of aromatic nitrogens is 1. The van der Waals surface area contributed by atoms with Gasteiger partial charge in [0.15, 0.2) is 0 Å². The van der Waals surface area contributed by atoms with Crippen molar-refractivity contribution < 1.29 is 14.3 Å². The first-order valence-corrected chi connectivity index (χ1v) is 7.84. The largest absolute Gasteiger partial charge is 0.382 e. The highest BCUT2D eigenvalue weighted by Crippen LogP contribution is 2.20. The number of carbonyl (C=O) groups is 1. The van der Waals surface area contributed by atoms with E-state index in [1.807, 2.05) is 38.1 Å². The van der Waals surface area contributed by atoms with E-state index in [2.05, 4.69) is 10.3 Å². The molecule has 0 spiro atoms. The molecular formula is C18H24N2O3. The van der Waals surface area contributed by atoms with Crippen molar-refractivity contribution in [3.05, 3.63) is 41.1 Å². The zero-order valence-corrected chi connectivity index (χ0v) is 14.0. The summed E-state index contributed by atoms with van der Waals surface area (Å²) in [4.78, 5) is 16.9. The Kier molecular flexibility index (Phi) is 6.50. The van der Waals surface area contributed by atoms with Crippen LogP contribution in [-0.4, -0.2) is 44.4 Å². The zero-order valence-electron chi connectivity index (χ0n) is 14.0. The molecule has 1 aromatic carbocycles. The van der Waals surface area contributed by atoms with Gasteiger partial charge in [-0.15, -0.1) is 0 Å². The van der Waals surface area contributed by atoms with Gasteiger partial charge in [0, 0.05) is 31.3 Å². The van der Waals surface area contributed by atoms with Gasteiger partial charge in [0.25, 0.3) is 5.91 Å². The number of methoxy groups -OCH3 is 1. The number of nitrogens with one attached hydrogen (secondary N) is 1. The topological polar surface area (TPSA) is 60.5 Å². The SMILES string of the molecule is COCCOCCCNC(=O)c1cc(C)nc2ccc(C)cc12. The fraction of sp³-hybridized carbons (Fsp3) is 0.444. The van der Waals surface area contributed by atoms with Gasteiger partial charge in [0.05, 0.1) is 24.3 Å². The summed E-state index contributed by atoms with van der Waals surface area (Å²) < 4.78 is 10.3. The van der Waals surface area contributed by atoms with Gasteiger partial charge in [0.1, 0.15) is 0 Å². The molecule has 0 atom stereocenters. The number of hydrogen-bond donors (Lipinski definition) is 1. The second kappa shape index (κ2) is 8.60. The van der Waals surface area contributed by atoms with Crippen molar-refractivity contribution >= 4 is 16.8 Å². The lowest BCUT2D eigenvalue weighted by Gasteiger charge is -2.10. The molecule has 0 saturated heterocycles. The van der Waals surface area contributed by atoms with Gasteiger partial charge in [-0.1, -0.05) is 11.6 Å². The van der Waals surface area contributed by atoms with Gasteiger partial charge in [-0.3, -0.25) is 9.78 Å². The molecule has 0 fully saturated rings. The highest BCUT2D eigenvalue weighted by Gasteiger charge is 2.11. The van der Waals surface area contributed by atoms with Gasteiger partial charge in [-0.05, 0) is 38.5 Å². The monoisotopic (exact) mass is 316 g/mol. The molecule has 0 unspecified atom stereocenters. The van der Waals surface area contributed by atoms with Crippen molar-refractivity contribution in [2.24, 2.45) is 0 Å². The number of fused-ring (bicyclic) bond motifs is 1. The molecule has 0 radical (unpaired) electrons. The molecule has 1 aromatic heterocycles. The maximum Gasteiger partial charge on any atom is 0.252 e. The van der Waals surface area contributed by atoms with E-state index in [9.17, 15) is 4.79 Å². The van der Waals surface area contributed by atoms with E-state index in [1.54, 1.807) is 7.11 Å². The Morgan fingerprint density at radius 2 is 2.00 bits per heavy atom. The number of pyridine rings is 1. The lowest BCUT2D eigenvalue weighted by atomic mass is 10.0. The van der Waals surface area contributed by atoms with Gasteiger partial charge >= 0.3 is 0 Å². The van der Waals surface area contributed by atoms with Crippen LogP contribution >= 0.6 is 0 Å². The van der Waals surface area contributed by atoms with E-state index in [1.165, 1.54) is 0 Å². The summed E-state index contributed by atoms with van der Waals surface area (Å²) in [6.45, 7) is 6.28. The van der Waals surface area contributed by atoms with Crippen LogP contribution in [0.15, 0.2) is 24.3 Å². The molecule has 0 aliphatic rings. The molecule has 1 heterocycles. The van der Waals surface area contributed by atoms with Crippen LogP contribution in [0.25, 0.3) is 10.9 Å². The Bertz CT molecular complexity index is 671. The summed E-state index contributed by atoms with van der Waals surface area (Å²) >= 11 is 0. The fourth-order valence-corrected chi connectivity index (χ4v) is 2.38. The smallest absolute Gasteiger partial charge is 0.252 e. The third-order valence-electron chi connectivity index (χ3n) is 3.52. The van der Waals surface area contributed by atoms with Gasteiger partial charge in [-0.2, -0.15) is 0 Å². The maximum absolute atomic E-state index is 12.5. The van der Waals surface area contributed by atoms with Crippen molar-refractivity contribution in [1.29, 1.82) is 0 Å². The number of hydrogen-bond acceptors (Lipinski definition) is 4. The Labute approximate surface area is 137 Å². The molecule has 2 rings (SSSR count). The van der Waals surface area contributed by atoms with E-state index >= 15 is 0 Å². The number of amides is 1. The third-order valence-corrected chi connectivity index (χ3v) is 3.52. The predicted octanol–water partition coefficient (Wildman–Crippen LogP) is 2.63. The summed E-state index contributed by atoms with van der Waals surface area (Å²) in [5.41, 5.74) is 3.48. The van der Waals surface area contributed by atoms with Gasteiger partial charge < -0.3 is 14.8 Å². The molecule has 5 heteroatoms. The van der Waals surface area contributed by atoms with Gasteiger partial charge in [-0.25, -0.2) is 0 Å². The number of aryl methyl sites for hydroxylation is 2. The Morgan fingerprint density at radius 1 is 1.17 bits per heavy atom. The van der Waals surface area contributed by atoms with Crippen LogP contribution in [0.2, 0.25) is 0 Å². The van der Waals surface area contributed by atoms with E-state index in [4.69, 9.17) is 9.47 Å². The van der Waals surface area contributed by atoms with Gasteiger partial charge in [0.2, 0.25) is 0 Å².